The summed E-state index contributed by atoms with van der Waals surface area (Å²) in [5, 5.41) is 0.799. The highest BCUT2D eigenvalue weighted by Crippen LogP contribution is 2.28. The largest absolute Gasteiger partial charge is 0.373 e. The number of hydrogen-bond acceptors (Lipinski definition) is 4. The Morgan fingerprint density at radius 2 is 1.72 bits per heavy atom. The van der Waals surface area contributed by atoms with Crippen molar-refractivity contribution in [2.75, 3.05) is 39.3 Å². The summed E-state index contributed by atoms with van der Waals surface area (Å²) in [6.07, 6.45) is 4.21. The lowest BCUT2D eigenvalue weighted by molar-refractivity contribution is -0.138. The number of amides is 2. The number of carbonyl (C=O) groups is 2. The Kier molecular flexibility index (Phi) is 7.65. The second-order valence-electron chi connectivity index (χ2n) is 9.52. The van der Waals surface area contributed by atoms with Crippen molar-refractivity contribution in [1.82, 2.24) is 14.7 Å². The fraction of sp³-hybridized carbons (Fsp3) is 0.667. The molecule has 4 rings (SSSR count). The van der Waals surface area contributed by atoms with Gasteiger partial charge in [0.2, 0.25) is 5.91 Å². The number of carbonyl (C=O) groups excluding carboxylic acids is 2. The Morgan fingerprint density at radius 3 is 2.44 bits per heavy atom. The van der Waals surface area contributed by atoms with Crippen molar-refractivity contribution in [1.29, 1.82) is 0 Å². The number of benzene rings is 1. The lowest BCUT2D eigenvalue weighted by Gasteiger charge is -2.39. The maximum Gasteiger partial charge on any atom is 0.253 e. The molecule has 0 aromatic heterocycles. The van der Waals surface area contributed by atoms with Gasteiger partial charge in [0.1, 0.15) is 0 Å². The number of ether oxygens (including phenoxy) is 1. The van der Waals surface area contributed by atoms with Crippen LogP contribution in [0.2, 0.25) is 10.0 Å². The SMILES string of the molecule is C[C@@H]1CN(C[C@@H]2CCCN2C(=O)[C@@H]2CCCN(C(=O)c3ccc(Cl)c(Cl)c3)C2)C[C@@H](C)O1. The second kappa shape index (κ2) is 10.3. The molecule has 8 heteroatoms. The summed E-state index contributed by atoms with van der Waals surface area (Å²) in [5.41, 5.74) is 0.516. The summed E-state index contributed by atoms with van der Waals surface area (Å²) >= 11 is 12.1. The fourth-order valence-electron chi connectivity index (χ4n) is 5.46. The molecule has 3 saturated heterocycles. The van der Waals surface area contributed by atoms with Crippen LogP contribution in [0.3, 0.4) is 0 Å². The molecule has 1 aromatic carbocycles. The Labute approximate surface area is 200 Å². The second-order valence-corrected chi connectivity index (χ2v) is 10.3. The zero-order valence-corrected chi connectivity index (χ0v) is 20.4. The van der Waals surface area contributed by atoms with E-state index >= 15 is 0 Å². The lowest BCUT2D eigenvalue weighted by atomic mass is 9.95. The molecular weight excluding hydrogens is 449 g/mol. The summed E-state index contributed by atoms with van der Waals surface area (Å²) in [5.74, 6) is -0.0255. The molecule has 3 fully saturated rings. The molecule has 0 unspecified atom stereocenters. The van der Waals surface area contributed by atoms with Crippen molar-refractivity contribution in [2.24, 2.45) is 5.92 Å². The summed E-state index contributed by atoms with van der Waals surface area (Å²) in [6, 6.07) is 5.20. The van der Waals surface area contributed by atoms with Gasteiger partial charge in [-0.25, -0.2) is 0 Å². The average molecular weight is 482 g/mol. The topological polar surface area (TPSA) is 53.1 Å². The first-order chi connectivity index (χ1) is 15.3. The molecule has 176 valence electrons. The van der Waals surface area contributed by atoms with E-state index in [1.165, 1.54) is 0 Å². The molecule has 0 saturated carbocycles. The Morgan fingerprint density at radius 1 is 1.00 bits per heavy atom. The van der Waals surface area contributed by atoms with Crippen molar-refractivity contribution in [2.45, 2.75) is 57.8 Å². The van der Waals surface area contributed by atoms with E-state index in [2.05, 4.69) is 23.6 Å². The Bertz CT molecular complexity index is 842. The van der Waals surface area contributed by atoms with Crippen LogP contribution in [0, 0.1) is 5.92 Å². The molecule has 2 amide bonds. The standard InChI is InChI=1S/C24H33Cl2N3O3/c1-16-12-27(13-17(2)32-16)15-20-6-4-10-29(20)24(31)19-5-3-9-28(14-19)23(30)18-7-8-21(25)22(26)11-18/h7-8,11,16-17,19-20H,3-6,9-10,12-15H2,1-2H3/t16-,17-,19-,20+/m1/s1. The first-order valence-corrected chi connectivity index (χ1v) is 12.5. The van der Waals surface area contributed by atoms with Gasteiger partial charge in [0.25, 0.3) is 5.91 Å². The van der Waals surface area contributed by atoms with E-state index < -0.39 is 0 Å². The van der Waals surface area contributed by atoms with E-state index in [4.69, 9.17) is 27.9 Å². The smallest absolute Gasteiger partial charge is 0.253 e. The number of nitrogens with zero attached hydrogens (tertiary/aromatic N) is 3. The van der Waals surface area contributed by atoms with Crippen LogP contribution in [0.4, 0.5) is 0 Å². The summed E-state index contributed by atoms with van der Waals surface area (Å²) in [4.78, 5) is 32.8. The molecule has 32 heavy (non-hydrogen) atoms. The normalized spacial score (nSPS) is 29.4. The molecule has 3 aliphatic heterocycles. The summed E-state index contributed by atoms with van der Waals surface area (Å²) in [7, 11) is 0. The van der Waals surface area contributed by atoms with E-state index in [-0.39, 0.29) is 36.0 Å². The predicted octanol–water partition coefficient (Wildman–Crippen LogP) is 3.95. The number of halogens is 2. The third-order valence-electron chi connectivity index (χ3n) is 6.85. The molecule has 0 bridgehead atoms. The van der Waals surface area contributed by atoms with Gasteiger partial charge in [-0.05, 0) is 57.7 Å². The van der Waals surface area contributed by atoms with Crippen LogP contribution in [0.5, 0.6) is 0 Å². The number of piperidine rings is 1. The van der Waals surface area contributed by atoms with Crippen LogP contribution in [-0.2, 0) is 9.53 Å². The third kappa shape index (κ3) is 5.41. The number of rotatable bonds is 4. The van der Waals surface area contributed by atoms with E-state index in [1.807, 2.05) is 0 Å². The van der Waals surface area contributed by atoms with Crippen LogP contribution < -0.4 is 0 Å². The Balaban J connectivity index is 1.38. The van der Waals surface area contributed by atoms with Crippen molar-refractivity contribution >= 4 is 35.0 Å². The van der Waals surface area contributed by atoms with Crippen molar-refractivity contribution in [3.05, 3.63) is 33.8 Å². The number of likely N-dealkylation sites (tertiary alicyclic amines) is 2. The molecule has 0 N–H and O–H groups in total. The molecule has 0 aliphatic carbocycles. The maximum atomic E-state index is 13.5. The molecule has 3 heterocycles. The zero-order valence-electron chi connectivity index (χ0n) is 18.9. The Hall–Kier alpha value is -1.34. The van der Waals surface area contributed by atoms with Crippen molar-refractivity contribution in [3.63, 3.8) is 0 Å². The monoisotopic (exact) mass is 481 g/mol. The van der Waals surface area contributed by atoms with Gasteiger partial charge in [0.15, 0.2) is 0 Å². The van der Waals surface area contributed by atoms with Crippen LogP contribution >= 0.6 is 23.2 Å². The minimum atomic E-state index is -0.140. The first kappa shape index (κ1) is 23.8. The minimum Gasteiger partial charge on any atom is -0.373 e. The number of hydrogen-bond donors (Lipinski definition) is 0. The van der Waals surface area contributed by atoms with Gasteiger partial charge in [-0.15, -0.1) is 0 Å². The van der Waals surface area contributed by atoms with Crippen LogP contribution in [0.1, 0.15) is 49.9 Å². The predicted molar refractivity (Wildman–Crippen MR) is 126 cm³/mol. The summed E-state index contributed by atoms with van der Waals surface area (Å²) in [6.45, 7) is 8.90. The quantitative estimate of drug-likeness (QED) is 0.653. The lowest BCUT2D eigenvalue weighted by Crippen LogP contribution is -2.53. The van der Waals surface area contributed by atoms with Gasteiger partial charge in [-0.1, -0.05) is 23.2 Å². The van der Waals surface area contributed by atoms with E-state index in [0.29, 0.717) is 28.7 Å². The van der Waals surface area contributed by atoms with E-state index in [1.54, 1.807) is 23.1 Å². The van der Waals surface area contributed by atoms with Crippen molar-refractivity contribution < 1.29 is 14.3 Å². The van der Waals surface area contributed by atoms with Gasteiger partial charge < -0.3 is 14.5 Å². The minimum absolute atomic E-state index is 0.0877. The molecule has 3 aliphatic rings. The zero-order chi connectivity index (χ0) is 22.8. The molecule has 0 spiro atoms. The van der Waals surface area contributed by atoms with Gasteiger partial charge in [-0.2, -0.15) is 0 Å². The molecule has 6 nitrogen and oxygen atoms in total. The van der Waals surface area contributed by atoms with Gasteiger partial charge in [0.05, 0.1) is 28.2 Å². The molecule has 1 aromatic rings. The highest BCUT2D eigenvalue weighted by molar-refractivity contribution is 6.42. The fourth-order valence-corrected chi connectivity index (χ4v) is 5.75. The van der Waals surface area contributed by atoms with Crippen molar-refractivity contribution in [3.8, 4) is 0 Å². The third-order valence-corrected chi connectivity index (χ3v) is 7.59. The molecular formula is C24H33Cl2N3O3. The van der Waals surface area contributed by atoms with Gasteiger partial charge in [0, 0.05) is 50.9 Å². The van der Waals surface area contributed by atoms with Crippen LogP contribution in [0.25, 0.3) is 0 Å². The average Bonchev–Trinajstić information content (AvgIpc) is 3.22. The van der Waals surface area contributed by atoms with E-state index in [0.717, 1.165) is 51.9 Å². The van der Waals surface area contributed by atoms with Gasteiger partial charge >= 0.3 is 0 Å². The van der Waals surface area contributed by atoms with Crippen LogP contribution in [-0.4, -0.2) is 84.0 Å². The highest BCUT2D eigenvalue weighted by Gasteiger charge is 2.37. The molecule has 4 atom stereocenters. The molecule has 0 radical (unpaired) electrons. The van der Waals surface area contributed by atoms with Gasteiger partial charge in [-0.3, -0.25) is 14.5 Å². The number of morpholine rings is 1. The summed E-state index contributed by atoms with van der Waals surface area (Å²) < 4.78 is 5.86. The maximum absolute atomic E-state index is 13.5. The van der Waals surface area contributed by atoms with E-state index in [9.17, 15) is 9.59 Å². The van der Waals surface area contributed by atoms with Crippen LogP contribution in [0.15, 0.2) is 18.2 Å². The highest BCUT2D eigenvalue weighted by atomic mass is 35.5. The first-order valence-electron chi connectivity index (χ1n) is 11.7.